The fourth-order valence-corrected chi connectivity index (χ4v) is 3.40. The standard InChI is InChI=1S/C26H36N2O3/c1-6-23(26(30)27-17-19(2)3)28(15-14-22-10-8-7-9-11-22)25(29)18-31-24-16-20(4)12-13-21(24)5/h7-13,16,19,23H,6,14-15,17-18H2,1-5H3,(H,27,30). The molecule has 168 valence electrons. The highest BCUT2D eigenvalue weighted by Crippen LogP contribution is 2.19. The molecule has 0 aliphatic heterocycles. The van der Waals surface area contributed by atoms with Crippen molar-refractivity contribution in [2.45, 2.75) is 53.5 Å². The van der Waals surface area contributed by atoms with E-state index in [1.807, 2.05) is 69.3 Å². The van der Waals surface area contributed by atoms with Gasteiger partial charge >= 0.3 is 0 Å². The summed E-state index contributed by atoms with van der Waals surface area (Å²) in [7, 11) is 0. The number of rotatable bonds is 11. The van der Waals surface area contributed by atoms with Gasteiger partial charge in [-0.05, 0) is 55.4 Å². The molecule has 2 rings (SSSR count). The Balaban J connectivity index is 2.14. The number of hydrogen-bond acceptors (Lipinski definition) is 3. The predicted molar refractivity (Wildman–Crippen MR) is 125 cm³/mol. The van der Waals surface area contributed by atoms with Gasteiger partial charge in [0.2, 0.25) is 5.91 Å². The molecule has 0 fully saturated rings. The van der Waals surface area contributed by atoms with Crippen LogP contribution in [-0.4, -0.2) is 42.5 Å². The Hall–Kier alpha value is -2.82. The van der Waals surface area contributed by atoms with Gasteiger partial charge in [0.05, 0.1) is 0 Å². The lowest BCUT2D eigenvalue weighted by atomic mass is 10.1. The minimum Gasteiger partial charge on any atom is -0.483 e. The molecule has 1 N–H and O–H groups in total. The first-order valence-electron chi connectivity index (χ1n) is 11.1. The first-order valence-corrected chi connectivity index (χ1v) is 11.1. The van der Waals surface area contributed by atoms with Crippen LogP contribution in [0.1, 0.15) is 43.9 Å². The lowest BCUT2D eigenvalue weighted by Gasteiger charge is -2.31. The minimum absolute atomic E-state index is 0.0902. The largest absolute Gasteiger partial charge is 0.483 e. The van der Waals surface area contributed by atoms with E-state index in [0.717, 1.165) is 16.7 Å². The van der Waals surface area contributed by atoms with Crippen molar-refractivity contribution in [3.8, 4) is 5.75 Å². The zero-order chi connectivity index (χ0) is 22.8. The second-order valence-electron chi connectivity index (χ2n) is 8.44. The van der Waals surface area contributed by atoms with Gasteiger partial charge in [0.25, 0.3) is 5.91 Å². The summed E-state index contributed by atoms with van der Waals surface area (Å²) in [5, 5.41) is 2.98. The van der Waals surface area contributed by atoms with Gasteiger partial charge in [-0.3, -0.25) is 9.59 Å². The van der Waals surface area contributed by atoms with Crippen LogP contribution < -0.4 is 10.1 Å². The Morgan fingerprint density at radius 2 is 1.77 bits per heavy atom. The molecule has 0 spiro atoms. The first kappa shape index (κ1) is 24.4. The smallest absolute Gasteiger partial charge is 0.261 e. The zero-order valence-corrected chi connectivity index (χ0v) is 19.5. The number of hydrogen-bond donors (Lipinski definition) is 1. The summed E-state index contributed by atoms with van der Waals surface area (Å²) in [6, 6.07) is 15.4. The van der Waals surface area contributed by atoms with Gasteiger partial charge in [-0.15, -0.1) is 0 Å². The molecule has 5 heteroatoms. The normalized spacial score (nSPS) is 11.8. The summed E-state index contributed by atoms with van der Waals surface area (Å²) in [6.45, 7) is 11.0. The van der Waals surface area contributed by atoms with Crippen LogP contribution in [0, 0.1) is 19.8 Å². The molecule has 1 unspecified atom stereocenters. The van der Waals surface area contributed by atoms with Crippen LogP contribution in [0.4, 0.5) is 0 Å². The van der Waals surface area contributed by atoms with Crippen molar-refractivity contribution in [2.24, 2.45) is 5.92 Å². The van der Waals surface area contributed by atoms with E-state index in [1.54, 1.807) is 4.90 Å². The van der Waals surface area contributed by atoms with Crippen molar-refractivity contribution in [2.75, 3.05) is 19.7 Å². The Morgan fingerprint density at radius 3 is 2.42 bits per heavy atom. The third-order valence-corrected chi connectivity index (χ3v) is 5.25. The van der Waals surface area contributed by atoms with E-state index in [4.69, 9.17) is 4.74 Å². The van der Waals surface area contributed by atoms with Gasteiger partial charge in [0.15, 0.2) is 6.61 Å². The quantitative estimate of drug-likeness (QED) is 0.585. The van der Waals surface area contributed by atoms with Crippen LogP contribution >= 0.6 is 0 Å². The maximum Gasteiger partial charge on any atom is 0.261 e. The van der Waals surface area contributed by atoms with Crippen LogP contribution in [0.25, 0.3) is 0 Å². The molecule has 2 aromatic carbocycles. The summed E-state index contributed by atoms with van der Waals surface area (Å²) in [6.07, 6.45) is 1.23. The second-order valence-corrected chi connectivity index (χ2v) is 8.44. The fourth-order valence-electron chi connectivity index (χ4n) is 3.40. The van der Waals surface area contributed by atoms with Crippen LogP contribution in [0.2, 0.25) is 0 Å². The van der Waals surface area contributed by atoms with E-state index in [2.05, 4.69) is 19.2 Å². The Morgan fingerprint density at radius 1 is 1.06 bits per heavy atom. The van der Waals surface area contributed by atoms with Crippen molar-refractivity contribution in [1.82, 2.24) is 10.2 Å². The van der Waals surface area contributed by atoms with E-state index in [1.165, 1.54) is 0 Å². The van der Waals surface area contributed by atoms with Crippen molar-refractivity contribution in [3.63, 3.8) is 0 Å². The predicted octanol–water partition coefficient (Wildman–Crippen LogP) is 4.30. The van der Waals surface area contributed by atoms with E-state index < -0.39 is 6.04 Å². The molecule has 0 bridgehead atoms. The summed E-state index contributed by atoms with van der Waals surface area (Å²) < 4.78 is 5.86. The highest BCUT2D eigenvalue weighted by molar-refractivity contribution is 5.88. The van der Waals surface area contributed by atoms with Crippen molar-refractivity contribution >= 4 is 11.8 Å². The molecule has 0 aliphatic carbocycles. The zero-order valence-electron chi connectivity index (χ0n) is 19.5. The third kappa shape index (κ3) is 7.74. The molecule has 0 aliphatic rings. The van der Waals surface area contributed by atoms with Crippen LogP contribution in [0.3, 0.4) is 0 Å². The van der Waals surface area contributed by atoms with E-state index in [0.29, 0.717) is 37.6 Å². The maximum atomic E-state index is 13.2. The van der Waals surface area contributed by atoms with E-state index >= 15 is 0 Å². The van der Waals surface area contributed by atoms with Gasteiger partial charge in [0, 0.05) is 13.1 Å². The molecule has 0 saturated heterocycles. The molecule has 31 heavy (non-hydrogen) atoms. The highest BCUT2D eigenvalue weighted by Gasteiger charge is 2.28. The number of benzene rings is 2. The summed E-state index contributed by atoms with van der Waals surface area (Å²) in [5.41, 5.74) is 3.19. The average Bonchev–Trinajstić information content (AvgIpc) is 2.76. The molecule has 0 heterocycles. The van der Waals surface area contributed by atoms with Crippen molar-refractivity contribution < 1.29 is 14.3 Å². The van der Waals surface area contributed by atoms with Crippen LogP contribution in [0.15, 0.2) is 48.5 Å². The molecular weight excluding hydrogens is 388 g/mol. The summed E-state index contributed by atoms with van der Waals surface area (Å²) >= 11 is 0. The molecule has 0 radical (unpaired) electrons. The lowest BCUT2D eigenvalue weighted by molar-refractivity contribution is -0.142. The summed E-state index contributed by atoms with van der Waals surface area (Å²) in [4.78, 5) is 27.7. The average molecular weight is 425 g/mol. The van der Waals surface area contributed by atoms with Crippen molar-refractivity contribution in [1.29, 1.82) is 0 Å². The second kappa shape index (κ2) is 12.1. The number of ether oxygens (including phenoxy) is 1. The fraction of sp³-hybridized carbons (Fsp3) is 0.462. The number of nitrogens with zero attached hydrogens (tertiary/aromatic N) is 1. The highest BCUT2D eigenvalue weighted by atomic mass is 16.5. The SMILES string of the molecule is CCC(C(=O)NCC(C)C)N(CCc1ccccc1)C(=O)COc1cc(C)ccc1C. The van der Waals surface area contributed by atoms with E-state index in [9.17, 15) is 9.59 Å². The number of nitrogens with one attached hydrogen (secondary N) is 1. The topological polar surface area (TPSA) is 58.6 Å². The number of amides is 2. The maximum absolute atomic E-state index is 13.2. The van der Waals surface area contributed by atoms with Crippen molar-refractivity contribution in [3.05, 3.63) is 65.2 Å². The van der Waals surface area contributed by atoms with Gasteiger partial charge in [-0.2, -0.15) is 0 Å². The van der Waals surface area contributed by atoms with Gasteiger partial charge < -0.3 is 15.0 Å². The van der Waals surface area contributed by atoms with Crippen LogP contribution in [0.5, 0.6) is 5.75 Å². The molecular formula is C26H36N2O3. The number of carbonyl (C=O) groups excluding carboxylic acids is 2. The van der Waals surface area contributed by atoms with Gasteiger partial charge in [0.1, 0.15) is 11.8 Å². The first-order chi connectivity index (χ1) is 14.8. The molecule has 1 atom stereocenters. The molecule has 5 nitrogen and oxygen atoms in total. The van der Waals surface area contributed by atoms with Gasteiger partial charge in [-0.25, -0.2) is 0 Å². The van der Waals surface area contributed by atoms with E-state index in [-0.39, 0.29) is 18.4 Å². The third-order valence-electron chi connectivity index (χ3n) is 5.25. The van der Waals surface area contributed by atoms with Gasteiger partial charge in [-0.1, -0.05) is 63.2 Å². The Kier molecular flexibility index (Phi) is 9.57. The number of aryl methyl sites for hydroxylation is 2. The molecule has 0 aromatic heterocycles. The van der Waals surface area contributed by atoms with Crippen LogP contribution in [-0.2, 0) is 16.0 Å². The molecule has 2 aromatic rings. The lowest BCUT2D eigenvalue weighted by Crippen LogP contribution is -2.51. The Labute approximate surface area is 186 Å². The molecule has 2 amide bonds. The summed E-state index contributed by atoms with van der Waals surface area (Å²) in [5.74, 6) is 0.768. The Bertz CT molecular complexity index is 849. The minimum atomic E-state index is -0.517. The number of carbonyl (C=O) groups is 2. The monoisotopic (exact) mass is 424 g/mol. The molecule has 0 saturated carbocycles.